The van der Waals surface area contributed by atoms with E-state index in [-0.39, 0.29) is 19.1 Å². The molecular weight excluding hydrogens is 392 g/mol. The molecule has 0 atom stereocenters. The van der Waals surface area contributed by atoms with Crippen molar-refractivity contribution in [1.82, 2.24) is 4.90 Å². The molecule has 0 bridgehead atoms. The molecule has 0 aliphatic carbocycles. The summed E-state index contributed by atoms with van der Waals surface area (Å²) < 4.78 is 10.7. The first-order valence-corrected chi connectivity index (χ1v) is 9.95. The molecule has 6 nitrogen and oxygen atoms in total. The number of rotatable bonds is 6. The number of hydrogen-bond donors (Lipinski definition) is 0. The first-order chi connectivity index (χ1) is 13.9. The van der Waals surface area contributed by atoms with Gasteiger partial charge in [-0.1, -0.05) is 35.9 Å². The molecule has 0 radical (unpaired) electrons. The van der Waals surface area contributed by atoms with Gasteiger partial charge in [0.1, 0.15) is 5.75 Å². The third-order valence-corrected chi connectivity index (χ3v) is 5.14. The van der Waals surface area contributed by atoms with E-state index in [2.05, 4.69) is 4.90 Å². The first-order valence-electron chi connectivity index (χ1n) is 9.57. The van der Waals surface area contributed by atoms with Crippen LogP contribution in [0.1, 0.15) is 11.1 Å². The van der Waals surface area contributed by atoms with Crippen LogP contribution in [0.5, 0.6) is 5.75 Å². The highest BCUT2D eigenvalue weighted by atomic mass is 35.5. The fourth-order valence-electron chi connectivity index (χ4n) is 3.32. The van der Waals surface area contributed by atoms with Crippen molar-refractivity contribution < 1.29 is 19.1 Å². The van der Waals surface area contributed by atoms with Gasteiger partial charge >= 0.3 is 5.97 Å². The monoisotopic (exact) mass is 416 g/mol. The normalized spacial score (nSPS) is 13.9. The van der Waals surface area contributed by atoms with Gasteiger partial charge in [0.15, 0.2) is 13.2 Å². The van der Waals surface area contributed by atoms with Crippen LogP contribution in [-0.2, 0) is 14.3 Å². The van der Waals surface area contributed by atoms with E-state index in [9.17, 15) is 9.59 Å². The predicted molar refractivity (Wildman–Crippen MR) is 113 cm³/mol. The quantitative estimate of drug-likeness (QED) is 0.677. The zero-order chi connectivity index (χ0) is 20.8. The smallest absolute Gasteiger partial charge is 0.344 e. The van der Waals surface area contributed by atoms with E-state index in [1.807, 2.05) is 56.3 Å². The highest BCUT2D eigenvalue weighted by Gasteiger charge is 2.22. The molecule has 2 aromatic carbocycles. The van der Waals surface area contributed by atoms with Gasteiger partial charge in [-0.2, -0.15) is 0 Å². The summed E-state index contributed by atoms with van der Waals surface area (Å²) in [5, 5.41) is 0.691. The first kappa shape index (κ1) is 21.0. The number of esters is 1. The molecule has 0 N–H and O–H groups in total. The number of nitrogens with zero attached hydrogens (tertiary/aromatic N) is 2. The van der Waals surface area contributed by atoms with Gasteiger partial charge in [0.2, 0.25) is 0 Å². The summed E-state index contributed by atoms with van der Waals surface area (Å²) in [6.45, 7) is 5.89. The van der Waals surface area contributed by atoms with Crippen LogP contribution in [0.25, 0.3) is 0 Å². The van der Waals surface area contributed by atoms with Crippen LogP contribution >= 0.6 is 11.6 Å². The van der Waals surface area contributed by atoms with Crippen molar-refractivity contribution in [3.05, 3.63) is 58.6 Å². The van der Waals surface area contributed by atoms with Crippen molar-refractivity contribution in [3.8, 4) is 5.75 Å². The minimum Gasteiger partial charge on any atom is -0.481 e. The lowest BCUT2D eigenvalue weighted by Gasteiger charge is -2.36. The molecule has 0 unspecified atom stereocenters. The van der Waals surface area contributed by atoms with E-state index in [0.29, 0.717) is 37.0 Å². The zero-order valence-corrected chi connectivity index (χ0v) is 17.4. The second-order valence-corrected chi connectivity index (χ2v) is 7.45. The fraction of sp³-hybridized carbons (Fsp3) is 0.364. The lowest BCUT2D eigenvalue weighted by Crippen LogP contribution is -2.50. The predicted octanol–water partition coefficient (Wildman–Crippen LogP) is 3.23. The molecule has 7 heteroatoms. The summed E-state index contributed by atoms with van der Waals surface area (Å²) >= 11 is 6.05. The maximum absolute atomic E-state index is 12.4. The van der Waals surface area contributed by atoms with Crippen LogP contribution in [0.15, 0.2) is 42.5 Å². The van der Waals surface area contributed by atoms with Crippen molar-refractivity contribution >= 4 is 29.2 Å². The molecule has 1 amide bonds. The van der Waals surface area contributed by atoms with Gasteiger partial charge in [0.25, 0.3) is 5.91 Å². The number of piperazine rings is 1. The van der Waals surface area contributed by atoms with Gasteiger partial charge in [0, 0.05) is 36.9 Å². The van der Waals surface area contributed by atoms with Gasteiger partial charge in [0.05, 0.1) is 0 Å². The number of carbonyl (C=O) groups excluding carboxylic acids is 2. The van der Waals surface area contributed by atoms with Crippen molar-refractivity contribution in [1.29, 1.82) is 0 Å². The Labute approximate surface area is 176 Å². The molecule has 0 spiro atoms. The molecule has 1 aliphatic rings. The minimum absolute atomic E-state index is 0.198. The second kappa shape index (κ2) is 9.65. The van der Waals surface area contributed by atoms with Crippen molar-refractivity contribution in [2.75, 3.05) is 44.3 Å². The van der Waals surface area contributed by atoms with Gasteiger partial charge in [-0.3, -0.25) is 4.79 Å². The van der Waals surface area contributed by atoms with Gasteiger partial charge in [-0.25, -0.2) is 4.79 Å². The molecule has 1 aliphatic heterocycles. The number of amides is 1. The number of halogens is 1. The molecule has 3 rings (SSSR count). The molecule has 2 aromatic rings. The summed E-state index contributed by atoms with van der Waals surface area (Å²) in [5.41, 5.74) is 2.94. The third kappa shape index (κ3) is 5.64. The number of carbonyl (C=O) groups is 2. The second-order valence-electron chi connectivity index (χ2n) is 7.02. The Hall–Kier alpha value is -2.73. The number of benzene rings is 2. The van der Waals surface area contributed by atoms with Gasteiger partial charge < -0.3 is 19.3 Å². The van der Waals surface area contributed by atoms with Crippen molar-refractivity contribution in [2.24, 2.45) is 0 Å². The van der Waals surface area contributed by atoms with Gasteiger partial charge in [-0.15, -0.1) is 0 Å². The molecular formula is C22H25ClN2O4. The Kier molecular flexibility index (Phi) is 6.99. The lowest BCUT2D eigenvalue weighted by molar-refractivity contribution is -0.153. The average Bonchev–Trinajstić information content (AvgIpc) is 2.72. The van der Waals surface area contributed by atoms with E-state index in [1.54, 1.807) is 4.90 Å². The Morgan fingerprint density at radius 3 is 2.28 bits per heavy atom. The van der Waals surface area contributed by atoms with E-state index in [4.69, 9.17) is 21.1 Å². The number of hydrogen-bond acceptors (Lipinski definition) is 5. The Morgan fingerprint density at radius 2 is 1.62 bits per heavy atom. The third-order valence-electron chi connectivity index (χ3n) is 4.91. The van der Waals surface area contributed by atoms with E-state index < -0.39 is 5.97 Å². The molecule has 154 valence electrons. The van der Waals surface area contributed by atoms with E-state index in [1.165, 1.54) is 0 Å². The lowest BCUT2D eigenvalue weighted by atomic mass is 10.1. The Bertz CT molecular complexity index is 859. The molecule has 0 aromatic heterocycles. The van der Waals surface area contributed by atoms with Crippen LogP contribution in [0.2, 0.25) is 5.02 Å². The minimum atomic E-state index is -0.557. The van der Waals surface area contributed by atoms with Crippen molar-refractivity contribution in [3.63, 3.8) is 0 Å². The standard InChI is InChI=1S/C22H25ClN2O4/c1-16-5-3-6-17(2)22(16)29-15-21(27)28-14-20(26)25-11-9-24(10-12-25)19-8-4-7-18(23)13-19/h3-8,13H,9-12,14-15H2,1-2H3. The Morgan fingerprint density at radius 1 is 0.966 bits per heavy atom. The molecule has 1 saturated heterocycles. The van der Waals surface area contributed by atoms with Gasteiger partial charge in [-0.05, 0) is 43.2 Å². The molecule has 29 heavy (non-hydrogen) atoms. The maximum Gasteiger partial charge on any atom is 0.344 e. The summed E-state index contributed by atoms with van der Waals surface area (Å²) in [6.07, 6.45) is 0. The van der Waals surface area contributed by atoms with Crippen LogP contribution in [0, 0.1) is 13.8 Å². The van der Waals surface area contributed by atoms with Crippen LogP contribution in [0.3, 0.4) is 0 Å². The molecule has 1 heterocycles. The van der Waals surface area contributed by atoms with Crippen molar-refractivity contribution in [2.45, 2.75) is 13.8 Å². The summed E-state index contributed by atoms with van der Waals surface area (Å²) in [4.78, 5) is 28.2. The highest BCUT2D eigenvalue weighted by molar-refractivity contribution is 6.30. The number of ether oxygens (including phenoxy) is 2. The Balaban J connectivity index is 1.41. The van der Waals surface area contributed by atoms with E-state index in [0.717, 1.165) is 16.8 Å². The van der Waals surface area contributed by atoms with Crippen LogP contribution in [0.4, 0.5) is 5.69 Å². The summed E-state index contributed by atoms with van der Waals surface area (Å²) in [6, 6.07) is 13.4. The summed E-state index contributed by atoms with van der Waals surface area (Å²) in [7, 11) is 0. The molecule has 0 saturated carbocycles. The zero-order valence-electron chi connectivity index (χ0n) is 16.7. The number of para-hydroxylation sites is 1. The number of aryl methyl sites for hydroxylation is 2. The number of anilines is 1. The van der Waals surface area contributed by atoms with Crippen LogP contribution < -0.4 is 9.64 Å². The SMILES string of the molecule is Cc1cccc(C)c1OCC(=O)OCC(=O)N1CCN(c2cccc(Cl)c2)CC1. The summed E-state index contributed by atoms with van der Waals surface area (Å²) in [5.74, 6) is -0.0809. The highest BCUT2D eigenvalue weighted by Crippen LogP contribution is 2.22. The maximum atomic E-state index is 12.4. The average molecular weight is 417 g/mol. The fourth-order valence-corrected chi connectivity index (χ4v) is 3.50. The topological polar surface area (TPSA) is 59.1 Å². The van der Waals surface area contributed by atoms with E-state index >= 15 is 0 Å². The molecule has 1 fully saturated rings. The largest absolute Gasteiger partial charge is 0.481 e. The van der Waals surface area contributed by atoms with Crippen LogP contribution in [-0.4, -0.2) is 56.2 Å².